The molecule has 0 unspecified atom stereocenters. The summed E-state index contributed by atoms with van der Waals surface area (Å²) in [5.74, 6) is 1.68. The van der Waals surface area contributed by atoms with Gasteiger partial charge in [0.05, 0.1) is 6.54 Å². The van der Waals surface area contributed by atoms with E-state index in [4.69, 9.17) is 9.47 Å². The van der Waals surface area contributed by atoms with E-state index in [1.54, 1.807) is 0 Å². The second-order valence-electron chi connectivity index (χ2n) is 6.55. The van der Waals surface area contributed by atoms with Gasteiger partial charge in [0, 0.05) is 0 Å². The van der Waals surface area contributed by atoms with E-state index >= 15 is 0 Å². The average Bonchev–Trinajstić information content (AvgIpc) is 3.23. The lowest BCUT2D eigenvalue weighted by atomic mass is 10.1. The lowest BCUT2D eigenvalue weighted by Gasteiger charge is -2.08. The van der Waals surface area contributed by atoms with Crippen LogP contribution in [0.4, 0.5) is 0 Å². The highest BCUT2D eigenvalue weighted by Crippen LogP contribution is 2.20. The molecule has 0 spiro atoms. The third-order valence-corrected chi connectivity index (χ3v) is 4.30. The Hall–Kier alpha value is -3.94. The monoisotopic (exact) mass is 403 g/mol. The zero-order valence-corrected chi connectivity index (χ0v) is 16.3. The minimum atomic E-state index is -0.218. The number of amides is 1. The molecule has 0 radical (unpaired) electrons. The van der Waals surface area contributed by atoms with Crippen molar-refractivity contribution in [1.82, 2.24) is 25.5 Å². The van der Waals surface area contributed by atoms with E-state index in [9.17, 15) is 4.79 Å². The highest BCUT2D eigenvalue weighted by Gasteiger charge is 2.08. The van der Waals surface area contributed by atoms with Crippen LogP contribution in [0, 0.1) is 0 Å². The smallest absolute Gasteiger partial charge is 0.243 e. The summed E-state index contributed by atoms with van der Waals surface area (Å²) in [6, 6.07) is 23.4. The van der Waals surface area contributed by atoms with Crippen molar-refractivity contribution < 1.29 is 14.3 Å². The highest BCUT2D eigenvalue weighted by molar-refractivity contribution is 5.83. The van der Waals surface area contributed by atoms with Crippen molar-refractivity contribution in [3.8, 4) is 11.5 Å². The molecule has 0 aliphatic carbocycles. The number of para-hydroxylation sites is 1. The first-order valence-electron chi connectivity index (χ1n) is 9.59. The van der Waals surface area contributed by atoms with Crippen LogP contribution in [0.25, 0.3) is 10.8 Å². The number of nitrogens with one attached hydrogen (secondary N) is 1. The normalized spacial score (nSPS) is 10.7. The molecule has 0 fully saturated rings. The Labute approximate surface area is 173 Å². The Balaban J connectivity index is 1.18. The molecule has 152 valence electrons. The van der Waals surface area contributed by atoms with Gasteiger partial charge in [0.2, 0.25) is 11.7 Å². The molecule has 1 aromatic heterocycles. The van der Waals surface area contributed by atoms with E-state index in [2.05, 4.69) is 26.8 Å². The Morgan fingerprint density at radius 2 is 1.70 bits per heavy atom. The number of carbonyl (C=O) groups excluding carboxylic acids is 1. The molecule has 4 aromatic rings. The van der Waals surface area contributed by atoms with E-state index in [-0.39, 0.29) is 19.1 Å². The molecule has 8 nitrogen and oxygen atoms in total. The summed E-state index contributed by atoms with van der Waals surface area (Å²) in [6.07, 6.45) is 0. The third-order valence-electron chi connectivity index (χ3n) is 4.30. The van der Waals surface area contributed by atoms with Gasteiger partial charge in [-0.1, -0.05) is 48.5 Å². The minimum absolute atomic E-state index is 0.0195. The number of aromatic nitrogens is 4. The first-order chi connectivity index (χ1) is 14.8. The summed E-state index contributed by atoms with van der Waals surface area (Å²) < 4.78 is 11.3. The van der Waals surface area contributed by atoms with Gasteiger partial charge in [-0.3, -0.25) is 4.79 Å². The van der Waals surface area contributed by atoms with Gasteiger partial charge in [0.15, 0.2) is 6.61 Å². The minimum Gasteiger partial charge on any atom is -0.492 e. The maximum Gasteiger partial charge on any atom is 0.243 e. The summed E-state index contributed by atoms with van der Waals surface area (Å²) >= 11 is 0. The molecule has 1 amide bonds. The van der Waals surface area contributed by atoms with Crippen LogP contribution in [-0.4, -0.2) is 39.3 Å². The van der Waals surface area contributed by atoms with Gasteiger partial charge in [-0.15, -0.1) is 10.2 Å². The van der Waals surface area contributed by atoms with Crippen molar-refractivity contribution in [2.24, 2.45) is 0 Å². The van der Waals surface area contributed by atoms with Gasteiger partial charge in [0.25, 0.3) is 0 Å². The average molecular weight is 403 g/mol. The summed E-state index contributed by atoms with van der Waals surface area (Å²) in [7, 11) is 0. The topological polar surface area (TPSA) is 91.2 Å². The van der Waals surface area contributed by atoms with Crippen LogP contribution in [-0.2, 0) is 17.9 Å². The number of rotatable bonds is 9. The SMILES string of the molecule is O=C(Cn1nnc(COc2ccccc2)n1)NCCOc1ccc2ccccc2c1. The molecule has 0 aliphatic rings. The lowest BCUT2D eigenvalue weighted by Crippen LogP contribution is -2.31. The number of ether oxygens (including phenoxy) is 2. The van der Waals surface area contributed by atoms with Gasteiger partial charge >= 0.3 is 0 Å². The van der Waals surface area contributed by atoms with E-state index in [1.807, 2.05) is 66.7 Å². The Morgan fingerprint density at radius 3 is 2.57 bits per heavy atom. The molecule has 30 heavy (non-hydrogen) atoms. The Morgan fingerprint density at radius 1 is 0.900 bits per heavy atom. The molecule has 0 aliphatic heterocycles. The second-order valence-corrected chi connectivity index (χ2v) is 6.55. The molecule has 0 atom stereocenters. The van der Waals surface area contributed by atoms with Crippen LogP contribution in [0.5, 0.6) is 11.5 Å². The van der Waals surface area contributed by atoms with Gasteiger partial charge in [-0.05, 0) is 40.3 Å². The molecule has 1 heterocycles. The second kappa shape index (κ2) is 9.51. The van der Waals surface area contributed by atoms with Crippen LogP contribution < -0.4 is 14.8 Å². The fourth-order valence-corrected chi connectivity index (χ4v) is 2.87. The predicted octanol–water partition coefficient (Wildman–Crippen LogP) is 2.60. The van der Waals surface area contributed by atoms with Gasteiger partial charge in [-0.2, -0.15) is 4.80 Å². The number of benzene rings is 3. The number of carbonyl (C=O) groups is 1. The Bertz CT molecular complexity index is 1110. The van der Waals surface area contributed by atoms with Crippen molar-refractivity contribution in [3.05, 3.63) is 78.6 Å². The van der Waals surface area contributed by atoms with Crippen molar-refractivity contribution in [1.29, 1.82) is 0 Å². The van der Waals surface area contributed by atoms with Crippen LogP contribution in [0.1, 0.15) is 5.82 Å². The number of hydrogen-bond acceptors (Lipinski definition) is 6. The van der Waals surface area contributed by atoms with Gasteiger partial charge in [-0.25, -0.2) is 0 Å². The fourth-order valence-electron chi connectivity index (χ4n) is 2.87. The number of tetrazole rings is 1. The summed E-state index contributed by atoms with van der Waals surface area (Å²) in [5.41, 5.74) is 0. The summed E-state index contributed by atoms with van der Waals surface area (Å²) in [5, 5.41) is 17.0. The zero-order chi connectivity index (χ0) is 20.6. The number of nitrogens with zero attached hydrogens (tertiary/aromatic N) is 4. The van der Waals surface area contributed by atoms with Gasteiger partial charge in [0.1, 0.15) is 24.7 Å². The van der Waals surface area contributed by atoms with Crippen molar-refractivity contribution in [2.75, 3.05) is 13.2 Å². The molecule has 0 saturated carbocycles. The van der Waals surface area contributed by atoms with Crippen LogP contribution in [0.2, 0.25) is 0 Å². The standard InChI is InChI=1S/C22H21N5O3/c28-22(15-27-25-21(24-26-27)16-30-19-8-2-1-3-9-19)23-12-13-29-20-11-10-17-6-4-5-7-18(17)14-20/h1-11,14H,12-13,15-16H2,(H,23,28). The lowest BCUT2D eigenvalue weighted by molar-refractivity contribution is -0.122. The van der Waals surface area contributed by atoms with E-state index in [1.165, 1.54) is 4.80 Å². The highest BCUT2D eigenvalue weighted by atomic mass is 16.5. The Kier molecular flexibility index (Phi) is 6.14. The van der Waals surface area contributed by atoms with E-state index in [0.717, 1.165) is 22.3 Å². The van der Waals surface area contributed by atoms with Gasteiger partial charge < -0.3 is 14.8 Å². The molecule has 4 rings (SSSR count). The molecule has 0 bridgehead atoms. The summed E-state index contributed by atoms with van der Waals surface area (Å²) in [4.78, 5) is 13.3. The molecular formula is C22H21N5O3. The maximum atomic E-state index is 12.1. The number of fused-ring (bicyclic) bond motifs is 1. The molecule has 0 saturated heterocycles. The predicted molar refractivity (Wildman–Crippen MR) is 111 cm³/mol. The third kappa shape index (κ3) is 5.32. The molecule has 3 aromatic carbocycles. The van der Waals surface area contributed by atoms with E-state index in [0.29, 0.717) is 19.0 Å². The molecule has 8 heteroatoms. The van der Waals surface area contributed by atoms with Crippen molar-refractivity contribution in [2.45, 2.75) is 13.2 Å². The van der Waals surface area contributed by atoms with Crippen LogP contribution in [0.15, 0.2) is 72.8 Å². The van der Waals surface area contributed by atoms with Crippen molar-refractivity contribution >= 4 is 16.7 Å². The van der Waals surface area contributed by atoms with E-state index < -0.39 is 0 Å². The number of hydrogen-bond donors (Lipinski definition) is 1. The largest absolute Gasteiger partial charge is 0.492 e. The quantitative estimate of drug-likeness (QED) is 0.432. The fraction of sp³-hybridized carbons (Fsp3) is 0.182. The van der Waals surface area contributed by atoms with Crippen LogP contribution in [0.3, 0.4) is 0 Å². The van der Waals surface area contributed by atoms with Crippen LogP contribution >= 0.6 is 0 Å². The molecule has 1 N–H and O–H groups in total. The zero-order valence-electron chi connectivity index (χ0n) is 16.3. The first-order valence-corrected chi connectivity index (χ1v) is 9.59. The van der Waals surface area contributed by atoms with Crippen molar-refractivity contribution in [3.63, 3.8) is 0 Å². The summed E-state index contributed by atoms with van der Waals surface area (Å²) in [6.45, 7) is 0.912. The first kappa shape index (κ1) is 19.4. The molecular weight excluding hydrogens is 382 g/mol. The maximum absolute atomic E-state index is 12.1.